The Labute approximate surface area is 228 Å². The lowest BCUT2D eigenvalue weighted by molar-refractivity contribution is -0.148. The van der Waals surface area contributed by atoms with E-state index in [2.05, 4.69) is 15.6 Å². The summed E-state index contributed by atoms with van der Waals surface area (Å²) in [5.74, 6) is -4.94. The summed E-state index contributed by atoms with van der Waals surface area (Å²) in [4.78, 5) is 80.7. The lowest BCUT2D eigenvalue weighted by Crippen LogP contribution is -2.56. The van der Waals surface area contributed by atoms with Gasteiger partial charge in [-0.3, -0.25) is 33.8 Å². The van der Waals surface area contributed by atoms with E-state index < -0.39 is 54.0 Å². The van der Waals surface area contributed by atoms with Gasteiger partial charge in [0.2, 0.25) is 23.5 Å². The van der Waals surface area contributed by atoms with Gasteiger partial charge in [-0.15, -0.1) is 0 Å². The predicted molar refractivity (Wildman–Crippen MR) is 143 cm³/mol. The van der Waals surface area contributed by atoms with Gasteiger partial charge in [-0.1, -0.05) is 26.7 Å². The van der Waals surface area contributed by atoms with Gasteiger partial charge < -0.3 is 37.5 Å². The number of ketones is 1. The summed E-state index contributed by atoms with van der Waals surface area (Å²) < 4.78 is 4.72. The SMILES string of the molecule is CCCC(CCC)C(=O)NC(CC(=O)OC)C(=O)N1CCCC1C(=O)NC(CCCN=C(N)N)C(=O)C(N)=O. The number of nitrogens with one attached hydrogen (secondary N) is 2. The first-order valence-corrected chi connectivity index (χ1v) is 13.3. The van der Waals surface area contributed by atoms with Crippen LogP contribution in [0.1, 0.15) is 71.6 Å². The highest BCUT2D eigenvalue weighted by Gasteiger charge is 2.40. The van der Waals surface area contributed by atoms with Crippen LogP contribution in [0.4, 0.5) is 0 Å². The average molecular weight is 554 g/mol. The molecule has 1 fully saturated rings. The molecule has 0 aliphatic carbocycles. The maximum atomic E-state index is 13.5. The molecule has 0 bridgehead atoms. The second-order valence-corrected chi connectivity index (χ2v) is 9.54. The van der Waals surface area contributed by atoms with E-state index in [4.69, 9.17) is 21.9 Å². The number of aliphatic imine (C=N–C) groups is 1. The molecule has 8 N–H and O–H groups in total. The monoisotopic (exact) mass is 553 g/mol. The molecule has 1 saturated heterocycles. The normalized spacial score (nSPS) is 16.2. The molecule has 0 aromatic carbocycles. The Bertz CT molecular complexity index is 914. The molecule has 0 radical (unpaired) electrons. The summed E-state index contributed by atoms with van der Waals surface area (Å²) in [5, 5.41) is 5.22. The van der Waals surface area contributed by atoms with Crippen molar-refractivity contribution in [2.24, 2.45) is 28.1 Å². The fourth-order valence-corrected chi connectivity index (χ4v) is 4.56. The lowest BCUT2D eigenvalue weighted by Gasteiger charge is -2.30. The minimum absolute atomic E-state index is 0.0439. The molecule has 0 aromatic heterocycles. The van der Waals surface area contributed by atoms with Crippen LogP contribution in [0.15, 0.2) is 4.99 Å². The third kappa shape index (κ3) is 10.9. The second-order valence-electron chi connectivity index (χ2n) is 9.54. The average Bonchev–Trinajstić information content (AvgIpc) is 3.38. The third-order valence-corrected chi connectivity index (χ3v) is 6.52. The van der Waals surface area contributed by atoms with E-state index in [1.54, 1.807) is 0 Å². The van der Waals surface area contributed by atoms with Crippen molar-refractivity contribution in [3.8, 4) is 0 Å². The number of methoxy groups -OCH3 is 1. The van der Waals surface area contributed by atoms with Crippen molar-refractivity contribution < 1.29 is 33.5 Å². The highest BCUT2D eigenvalue weighted by Crippen LogP contribution is 2.21. The number of likely N-dealkylation sites (tertiary alicyclic amines) is 1. The molecular formula is C25H43N7O7. The standard InChI is InChI=1S/C25H43N7O7/c1-4-8-15(9-5-2)22(36)31-17(14-19(33)39-3)24(38)32-13-7-11-18(32)23(37)30-16(20(34)21(26)35)10-6-12-29-25(27)28/h15-18H,4-14H2,1-3H3,(H2,26,35)(H,30,37)(H,31,36)(H4,27,28,29). The van der Waals surface area contributed by atoms with Gasteiger partial charge in [-0.05, 0) is 38.5 Å². The number of primary amides is 1. The Morgan fingerprint density at radius 1 is 0.974 bits per heavy atom. The highest BCUT2D eigenvalue weighted by atomic mass is 16.5. The Morgan fingerprint density at radius 2 is 1.62 bits per heavy atom. The van der Waals surface area contributed by atoms with Crippen LogP contribution in [-0.2, 0) is 33.5 Å². The minimum atomic E-state index is -1.23. The number of nitrogens with zero attached hydrogens (tertiary/aromatic N) is 2. The molecule has 39 heavy (non-hydrogen) atoms. The number of carbonyl (C=O) groups excluding carboxylic acids is 6. The first-order valence-electron chi connectivity index (χ1n) is 13.3. The van der Waals surface area contributed by atoms with Crippen LogP contribution in [0.5, 0.6) is 0 Å². The van der Waals surface area contributed by atoms with Gasteiger partial charge in [-0.25, -0.2) is 0 Å². The summed E-state index contributed by atoms with van der Waals surface area (Å²) in [6.45, 7) is 4.28. The molecule has 1 heterocycles. The van der Waals surface area contributed by atoms with Crippen LogP contribution in [0.2, 0.25) is 0 Å². The zero-order chi connectivity index (χ0) is 29.5. The molecule has 3 atom stereocenters. The number of hydrogen-bond acceptors (Lipinski definition) is 8. The first kappa shape index (κ1) is 33.3. The summed E-state index contributed by atoms with van der Waals surface area (Å²) in [6, 6.07) is -3.43. The number of amides is 4. The third-order valence-electron chi connectivity index (χ3n) is 6.52. The summed E-state index contributed by atoms with van der Waals surface area (Å²) in [6.07, 6.45) is 3.51. The van der Waals surface area contributed by atoms with Crippen LogP contribution < -0.4 is 27.8 Å². The van der Waals surface area contributed by atoms with Crippen molar-refractivity contribution in [2.75, 3.05) is 20.2 Å². The van der Waals surface area contributed by atoms with E-state index in [1.807, 2.05) is 13.8 Å². The summed E-state index contributed by atoms with van der Waals surface area (Å²) in [7, 11) is 1.18. The number of rotatable bonds is 17. The molecule has 1 rings (SSSR count). The molecule has 0 aromatic rings. The van der Waals surface area contributed by atoms with E-state index in [1.165, 1.54) is 12.0 Å². The van der Waals surface area contributed by atoms with Crippen LogP contribution in [0.3, 0.4) is 0 Å². The predicted octanol–water partition coefficient (Wildman–Crippen LogP) is -1.17. The van der Waals surface area contributed by atoms with Crippen molar-refractivity contribution in [1.82, 2.24) is 15.5 Å². The van der Waals surface area contributed by atoms with Crippen LogP contribution in [-0.4, -0.2) is 84.6 Å². The van der Waals surface area contributed by atoms with E-state index >= 15 is 0 Å². The van der Waals surface area contributed by atoms with E-state index in [0.717, 1.165) is 12.8 Å². The molecule has 0 saturated carbocycles. The zero-order valence-electron chi connectivity index (χ0n) is 23.1. The fourth-order valence-electron chi connectivity index (χ4n) is 4.56. The van der Waals surface area contributed by atoms with Gasteiger partial charge in [0.1, 0.15) is 12.1 Å². The van der Waals surface area contributed by atoms with Gasteiger partial charge in [0.25, 0.3) is 5.91 Å². The minimum Gasteiger partial charge on any atom is -0.469 e. The number of hydrogen-bond donors (Lipinski definition) is 5. The van der Waals surface area contributed by atoms with Gasteiger partial charge >= 0.3 is 5.97 Å². The topological polar surface area (TPSA) is 229 Å². The Balaban J connectivity index is 3.07. The number of guanidine groups is 1. The van der Waals surface area contributed by atoms with Crippen molar-refractivity contribution in [2.45, 2.75) is 89.8 Å². The quantitative estimate of drug-likeness (QED) is 0.0480. The van der Waals surface area contributed by atoms with Gasteiger partial charge in [0, 0.05) is 19.0 Å². The number of Topliss-reactive ketones (excluding diaryl/α,β-unsaturated/α-hetero) is 1. The highest BCUT2D eigenvalue weighted by molar-refractivity contribution is 6.37. The number of esters is 1. The Morgan fingerprint density at radius 3 is 2.15 bits per heavy atom. The van der Waals surface area contributed by atoms with Crippen molar-refractivity contribution in [3.05, 3.63) is 0 Å². The molecule has 3 unspecified atom stereocenters. The Hall–Kier alpha value is -3.71. The van der Waals surface area contributed by atoms with E-state index in [9.17, 15) is 28.8 Å². The van der Waals surface area contributed by atoms with Gasteiger partial charge in [0.05, 0.1) is 19.6 Å². The largest absolute Gasteiger partial charge is 0.469 e. The van der Waals surface area contributed by atoms with Gasteiger partial charge in [0.15, 0.2) is 5.96 Å². The maximum Gasteiger partial charge on any atom is 0.308 e. The molecular weight excluding hydrogens is 510 g/mol. The molecule has 14 heteroatoms. The fraction of sp³-hybridized carbons (Fsp3) is 0.720. The molecule has 220 valence electrons. The second kappa shape index (κ2) is 17.0. The Kier molecular flexibility index (Phi) is 14.5. The molecule has 4 amide bonds. The van der Waals surface area contributed by atoms with Crippen LogP contribution >= 0.6 is 0 Å². The van der Waals surface area contributed by atoms with Crippen molar-refractivity contribution >= 4 is 41.3 Å². The van der Waals surface area contributed by atoms with E-state index in [-0.39, 0.29) is 50.1 Å². The summed E-state index contributed by atoms with van der Waals surface area (Å²) >= 11 is 0. The van der Waals surface area contributed by atoms with Crippen LogP contribution in [0.25, 0.3) is 0 Å². The maximum absolute atomic E-state index is 13.5. The van der Waals surface area contributed by atoms with Crippen molar-refractivity contribution in [3.63, 3.8) is 0 Å². The van der Waals surface area contributed by atoms with Crippen molar-refractivity contribution in [1.29, 1.82) is 0 Å². The molecule has 1 aliphatic heterocycles. The van der Waals surface area contributed by atoms with E-state index in [0.29, 0.717) is 19.3 Å². The van der Waals surface area contributed by atoms with Crippen LogP contribution in [0, 0.1) is 5.92 Å². The molecule has 0 spiro atoms. The molecule has 14 nitrogen and oxygen atoms in total. The molecule has 1 aliphatic rings. The lowest BCUT2D eigenvalue weighted by atomic mass is 9.96. The first-order chi connectivity index (χ1) is 18.5. The number of ether oxygens (including phenoxy) is 1. The number of carbonyl (C=O) groups is 6. The number of nitrogens with two attached hydrogens (primary N) is 3. The smallest absolute Gasteiger partial charge is 0.308 e. The summed E-state index contributed by atoms with van der Waals surface area (Å²) in [5.41, 5.74) is 15.7. The zero-order valence-corrected chi connectivity index (χ0v) is 23.1. The van der Waals surface area contributed by atoms with Gasteiger partial charge in [-0.2, -0.15) is 0 Å².